The maximum atomic E-state index is 4.67. The number of fused-ring (bicyclic) bond motifs is 2. The van der Waals surface area contributed by atoms with E-state index in [-0.39, 0.29) is 229 Å². The molecule has 4 rings (SSSR count). The van der Waals surface area contributed by atoms with Gasteiger partial charge < -0.3 is 9.13 Å². The Kier molecular flexibility index (Phi) is 27.9. The van der Waals surface area contributed by atoms with Crippen molar-refractivity contribution in [2.45, 2.75) is 0 Å². The van der Waals surface area contributed by atoms with E-state index in [1.807, 2.05) is 57.8 Å². The van der Waals surface area contributed by atoms with E-state index in [1.54, 1.807) is 0 Å². The average Bonchev–Trinajstić information content (AvgIpc) is 2.99. The van der Waals surface area contributed by atoms with Crippen molar-refractivity contribution in [1.29, 1.82) is 0 Å². The van der Waals surface area contributed by atoms with E-state index >= 15 is 0 Å². The Balaban J connectivity index is -0.000000411. The first-order valence-corrected chi connectivity index (χ1v) is 6.92. The summed E-state index contributed by atoms with van der Waals surface area (Å²) in [7, 11) is 6.09. The third-order valence-electron chi connectivity index (χ3n) is 3.90. The van der Waals surface area contributed by atoms with Crippen LogP contribution in [0, 0.1) is 0 Å². The molecule has 2 aromatic heterocycles. The minimum absolute atomic E-state index is 0. The van der Waals surface area contributed by atoms with Gasteiger partial charge in [-0.1, -0.05) is 24.3 Å². The van der Waals surface area contributed by atoms with Crippen LogP contribution in [0.3, 0.4) is 0 Å². The van der Waals surface area contributed by atoms with Crippen LogP contribution in [0.25, 0.3) is 22.1 Å². The largest absolute Gasteiger partial charge is 0.339 e. The van der Waals surface area contributed by atoms with Crippen molar-refractivity contribution in [1.82, 2.24) is 19.1 Å². The molecule has 2 heterocycles. The molecule has 0 amide bonds. The third-order valence-corrected chi connectivity index (χ3v) is 3.90. The van der Waals surface area contributed by atoms with Gasteiger partial charge in [0.2, 0.25) is 0 Å². The molecule has 8 radical (unpaired) electrons. The Morgan fingerprint density at radius 3 is 1.21 bits per heavy atom. The molecule has 12 heteroatoms. The number of aryl methyl sites for hydroxylation is 2. The van der Waals surface area contributed by atoms with Crippen LogP contribution in [0.4, 0.5) is 0 Å². The number of imidazole rings is 2. The maximum absolute atomic E-state index is 4.67. The average molecular weight is 895 g/mol. The van der Waals surface area contributed by atoms with E-state index in [0.717, 1.165) is 33.5 Å². The molecular formula is C16H14BN4Y7. The molecule has 0 spiro atoms. The van der Waals surface area contributed by atoms with Crippen LogP contribution in [-0.4, -0.2) is 26.4 Å². The quantitative estimate of drug-likeness (QED) is 0.283. The molecule has 0 aliphatic carbocycles. The molecule has 0 N–H and O–H groups in total. The Labute approximate surface area is 343 Å². The number of hydrogen-bond donors (Lipinski definition) is 0. The Hall–Kier alpha value is 5.17. The van der Waals surface area contributed by atoms with E-state index in [0.29, 0.717) is 0 Å². The van der Waals surface area contributed by atoms with Gasteiger partial charge in [-0.05, 0) is 24.3 Å². The van der Waals surface area contributed by atoms with Gasteiger partial charge in [0, 0.05) is 243 Å². The van der Waals surface area contributed by atoms with Gasteiger partial charge in [-0.15, -0.1) is 0 Å². The molecule has 0 saturated carbocycles. The molecule has 4 nitrogen and oxygen atoms in total. The minimum Gasteiger partial charge on any atom is -0.339 e. The summed E-state index contributed by atoms with van der Waals surface area (Å²) in [4.78, 5) is 9.35. The van der Waals surface area contributed by atoms with Crippen LogP contribution in [0.5, 0.6) is 0 Å². The summed E-state index contributed by atoms with van der Waals surface area (Å²) in [6, 6.07) is 16.3. The van der Waals surface area contributed by atoms with Crippen LogP contribution in [0.15, 0.2) is 48.5 Å². The standard InChI is InChI=1S/C16H14BN4.7Y/c1-20-13-9-5-3-7-11(13)18-15(20)17-16-19-12-8-4-6-10-14(12)21(16)2;;;;;;;/h3-10H,1-2H3;;;;;;;. The van der Waals surface area contributed by atoms with Crippen LogP contribution in [-0.2, 0) is 243 Å². The Morgan fingerprint density at radius 1 is 0.571 bits per heavy atom. The monoisotopic (exact) mass is 895 g/mol. The first-order chi connectivity index (χ1) is 10.2. The summed E-state index contributed by atoms with van der Waals surface area (Å²) < 4.78 is 4.18. The van der Waals surface area contributed by atoms with Crippen LogP contribution in [0.1, 0.15) is 0 Å². The molecule has 0 atom stereocenters. The molecule has 28 heavy (non-hydrogen) atoms. The maximum Gasteiger partial charge on any atom is 0.289 e. The smallest absolute Gasteiger partial charge is 0.289 e. The second-order valence-electron chi connectivity index (χ2n) is 5.18. The third kappa shape index (κ3) is 9.32. The molecule has 0 saturated heterocycles. The Morgan fingerprint density at radius 2 is 0.893 bits per heavy atom. The van der Waals surface area contributed by atoms with Gasteiger partial charge in [-0.2, -0.15) is 0 Å². The number of nitrogens with zero attached hydrogens (tertiary/aromatic N) is 4. The molecule has 0 fully saturated rings. The molecule has 122 valence electrons. The summed E-state index contributed by atoms with van der Waals surface area (Å²) in [5, 5.41) is 0. The van der Waals surface area contributed by atoms with Crippen LogP contribution < -0.4 is 11.4 Å². The second kappa shape index (κ2) is 19.4. The number of benzene rings is 2. The van der Waals surface area contributed by atoms with Crippen molar-refractivity contribution < 1.29 is 229 Å². The van der Waals surface area contributed by atoms with Crippen molar-refractivity contribution in [3.63, 3.8) is 0 Å². The molecule has 2 aromatic carbocycles. The SMILES string of the molecule is Cn1c([B]c2nc3ccccc3n2C)nc2ccccc21.[Y].[Y].[Y].[Y].[Y].[Y].[Y]. The van der Waals surface area contributed by atoms with E-state index in [9.17, 15) is 0 Å². The number of para-hydroxylation sites is 4. The van der Waals surface area contributed by atoms with Gasteiger partial charge in [0.05, 0.1) is 33.5 Å². The first kappa shape index (κ1) is 40.3. The van der Waals surface area contributed by atoms with E-state index in [2.05, 4.69) is 31.2 Å². The molecule has 0 unspecified atom stereocenters. The fraction of sp³-hybridized carbons (Fsp3) is 0.125. The van der Waals surface area contributed by atoms with Gasteiger partial charge in [0.25, 0.3) is 7.28 Å². The van der Waals surface area contributed by atoms with Crippen LogP contribution >= 0.6 is 0 Å². The van der Waals surface area contributed by atoms with Crippen molar-refractivity contribution in [2.75, 3.05) is 0 Å². The summed E-state index contributed by atoms with van der Waals surface area (Å²) in [6.45, 7) is 0. The van der Waals surface area contributed by atoms with Gasteiger partial charge in [0.1, 0.15) is 0 Å². The summed E-state index contributed by atoms with van der Waals surface area (Å²) in [5.41, 5.74) is 6.09. The zero-order valence-electron chi connectivity index (χ0n) is 16.0. The first-order valence-electron chi connectivity index (χ1n) is 6.92. The normalized spacial score (nSPS) is 8.50. The van der Waals surface area contributed by atoms with Crippen molar-refractivity contribution in [2.24, 2.45) is 14.1 Å². The zero-order chi connectivity index (χ0) is 14.4. The molecule has 0 aliphatic heterocycles. The number of hydrogen-bond acceptors (Lipinski definition) is 2. The number of aromatic nitrogens is 4. The van der Waals surface area contributed by atoms with Gasteiger partial charge in [-0.25, -0.2) is 9.97 Å². The van der Waals surface area contributed by atoms with E-state index in [4.69, 9.17) is 0 Å². The summed E-state index contributed by atoms with van der Waals surface area (Å²) in [5.74, 6) is 0. The fourth-order valence-corrected chi connectivity index (χ4v) is 2.70. The van der Waals surface area contributed by atoms with Gasteiger partial charge >= 0.3 is 0 Å². The predicted octanol–water partition coefficient (Wildman–Crippen LogP) is 1.10. The summed E-state index contributed by atoms with van der Waals surface area (Å²) >= 11 is 0. The van der Waals surface area contributed by atoms with Crippen molar-refractivity contribution in [3.8, 4) is 0 Å². The second-order valence-corrected chi connectivity index (χ2v) is 5.18. The Bertz CT molecular complexity index is 896. The molecular weight excluding hydrogens is 881 g/mol. The fourth-order valence-electron chi connectivity index (χ4n) is 2.70. The minimum atomic E-state index is 0. The van der Waals surface area contributed by atoms with E-state index in [1.165, 1.54) is 0 Å². The molecule has 0 aliphatic rings. The van der Waals surface area contributed by atoms with Gasteiger partial charge in [-0.3, -0.25) is 0 Å². The van der Waals surface area contributed by atoms with Crippen LogP contribution in [0.2, 0.25) is 0 Å². The zero-order valence-corrected chi connectivity index (χ0v) is 35.9. The molecule has 0 bridgehead atoms. The van der Waals surface area contributed by atoms with E-state index < -0.39 is 0 Å². The van der Waals surface area contributed by atoms with Crippen molar-refractivity contribution in [3.05, 3.63) is 48.5 Å². The summed E-state index contributed by atoms with van der Waals surface area (Å²) in [6.07, 6.45) is 0. The number of rotatable bonds is 2. The topological polar surface area (TPSA) is 35.6 Å². The van der Waals surface area contributed by atoms with Gasteiger partial charge in [0.15, 0.2) is 0 Å². The predicted molar refractivity (Wildman–Crippen MR) is 86.5 cm³/mol. The molecule has 4 aromatic rings. The van der Waals surface area contributed by atoms with Crippen molar-refractivity contribution >= 4 is 40.8 Å².